The Hall–Kier alpha value is -1.69. The Labute approximate surface area is 113 Å². The molecule has 0 amide bonds. The zero-order valence-electron chi connectivity index (χ0n) is 12.1. The minimum atomic E-state index is 0.0967. The van der Waals surface area contributed by atoms with Crippen molar-refractivity contribution in [1.29, 1.82) is 0 Å². The fraction of sp³-hybridized carbons (Fsp3) is 0.615. The molecule has 2 aromatic rings. The second-order valence-corrected chi connectivity index (χ2v) is 5.85. The van der Waals surface area contributed by atoms with Crippen LogP contribution in [-0.2, 0) is 26.6 Å². The summed E-state index contributed by atoms with van der Waals surface area (Å²) < 4.78 is 3.70. The highest BCUT2D eigenvalue weighted by atomic mass is 15.4. The van der Waals surface area contributed by atoms with Gasteiger partial charge in [-0.3, -0.25) is 9.36 Å². The molecule has 0 radical (unpaired) electrons. The highest BCUT2D eigenvalue weighted by molar-refractivity contribution is 5.03. The van der Waals surface area contributed by atoms with Gasteiger partial charge < -0.3 is 5.32 Å². The molecule has 104 valence electrons. The van der Waals surface area contributed by atoms with E-state index in [9.17, 15) is 0 Å². The Kier molecular flexibility index (Phi) is 3.99. The lowest BCUT2D eigenvalue weighted by Crippen LogP contribution is -2.35. The Morgan fingerprint density at radius 2 is 2.05 bits per heavy atom. The van der Waals surface area contributed by atoms with Crippen LogP contribution in [0.15, 0.2) is 18.6 Å². The molecule has 0 saturated heterocycles. The van der Waals surface area contributed by atoms with Crippen LogP contribution >= 0.6 is 0 Å². The predicted octanol–water partition coefficient (Wildman–Crippen LogP) is 1.14. The smallest absolute Gasteiger partial charge is 0.0965 e. The quantitative estimate of drug-likeness (QED) is 0.878. The van der Waals surface area contributed by atoms with Crippen LogP contribution in [0.25, 0.3) is 0 Å². The van der Waals surface area contributed by atoms with Crippen molar-refractivity contribution in [3.63, 3.8) is 0 Å². The second-order valence-electron chi connectivity index (χ2n) is 5.85. The summed E-state index contributed by atoms with van der Waals surface area (Å²) in [5, 5.41) is 15.9. The molecule has 2 aromatic heterocycles. The summed E-state index contributed by atoms with van der Waals surface area (Å²) >= 11 is 0. The van der Waals surface area contributed by atoms with Gasteiger partial charge in [-0.15, -0.1) is 5.10 Å². The molecule has 19 heavy (non-hydrogen) atoms. The molecule has 6 nitrogen and oxygen atoms in total. The third kappa shape index (κ3) is 4.48. The van der Waals surface area contributed by atoms with Crippen LogP contribution in [0, 0.1) is 0 Å². The maximum Gasteiger partial charge on any atom is 0.0965 e. The molecule has 0 saturated carbocycles. The summed E-state index contributed by atoms with van der Waals surface area (Å²) in [4.78, 5) is 0. The predicted molar refractivity (Wildman–Crippen MR) is 73.5 cm³/mol. The van der Waals surface area contributed by atoms with Gasteiger partial charge in [-0.25, -0.2) is 0 Å². The Bertz CT molecular complexity index is 519. The standard InChI is InChI=1S/C13H22N6/c1-13(2,3)14-8-12-10-19(17-16-12)6-5-11-7-15-18(4)9-11/h7,9-10,14H,5-6,8H2,1-4H3. The number of aryl methyl sites for hydroxylation is 3. The van der Waals surface area contributed by atoms with Crippen LogP contribution in [0.2, 0.25) is 0 Å². The van der Waals surface area contributed by atoms with Crippen LogP contribution in [0.1, 0.15) is 32.0 Å². The van der Waals surface area contributed by atoms with Gasteiger partial charge in [0.25, 0.3) is 0 Å². The fourth-order valence-corrected chi connectivity index (χ4v) is 1.73. The van der Waals surface area contributed by atoms with Gasteiger partial charge in [0, 0.05) is 38.1 Å². The summed E-state index contributed by atoms with van der Waals surface area (Å²) in [6.07, 6.45) is 6.83. The highest BCUT2D eigenvalue weighted by Crippen LogP contribution is 2.03. The van der Waals surface area contributed by atoms with Gasteiger partial charge in [-0.1, -0.05) is 5.21 Å². The van der Waals surface area contributed by atoms with Crippen LogP contribution < -0.4 is 5.32 Å². The van der Waals surface area contributed by atoms with Gasteiger partial charge in [0.15, 0.2) is 0 Å². The normalized spacial score (nSPS) is 12.0. The number of aromatic nitrogens is 5. The van der Waals surface area contributed by atoms with Crippen LogP contribution in [0.5, 0.6) is 0 Å². The molecule has 0 aliphatic rings. The Morgan fingerprint density at radius 1 is 1.26 bits per heavy atom. The van der Waals surface area contributed by atoms with E-state index in [0.29, 0.717) is 0 Å². The van der Waals surface area contributed by atoms with Gasteiger partial charge in [-0.05, 0) is 32.8 Å². The van der Waals surface area contributed by atoms with E-state index in [-0.39, 0.29) is 5.54 Å². The first-order valence-electron chi connectivity index (χ1n) is 6.54. The van der Waals surface area contributed by atoms with Crippen molar-refractivity contribution in [2.45, 2.75) is 45.8 Å². The molecule has 0 spiro atoms. The van der Waals surface area contributed by atoms with E-state index >= 15 is 0 Å². The van der Waals surface area contributed by atoms with E-state index in [0.717, 1.165) is 25.2 Å². The molecule has 1 N–H and O–H groups in total. The van der Waals surface area contributed by atoms with E-state index < -0.39 is 0 Å². The zero-order chi connectivity index (χ0) is 13.9. The van der Waals surface area contributed by atoms with Crippen molar-refractivity contribution in [1.82, 2.24) is 30.1 Å². The number of hydrogen-bond donors (Lipinski definition) is 1. The van der Waals surface area contributed by atoms with Crippen molar-refractivity contribution in [2.24, 2.45) is 7.05 Å². The zero-order valence-corrected chi connectivity index (χ0v) is 12.1. The van der Waals surface area contributed by atoms with Gasteiger partial charge in [0.2, 0.25) is 0 Å². The molecule has 6 heteroatoms. The molecule has 0 fully saturated rings. The summed E-state index contributed by atoms with van der Waals surface area (Å²) in [5.41, 5.74) is 2.29. The maximum absolute atomic E-state index is 4.17. The van der Waals surface area contributed by atoms with E-state index in [1.807, 2.05) is 35.0 Å². The largest absolute Gasteiger partial charge is 0.306 e. The maximum atomic E-state index is 4.17. The van der Waals surface area contributed by atoms with Crippen molar-refractivity contribution < 1.29 is 0 Å². The van der Waals surface area contributed by atoms with E-state index in [2.05, 4.69) is 41.5 Å². The van der Waals surface area contributed by atoms with E-state index in [1.165, 1.54) is 5.56 Å². The molecule has 0 bridgehead atoms. The summed E-state index contributed by atoms with van der Waals surface area (Å²) in [7, 11) is 1.93. The first-order valence-corrected chi connectivity index (χ1v) is 6.54. The summed E-state index contributed by atoms with van der Waals surface area (Å²) in [5.74, 6) is 0. The lowest BCUT2D eigenvalue weighted by molar-refractivity contribution is 0.421. The molecule has 2 rings (SSSR count). The summed E-state index contributed by atoms with van der Waals surface area (Å²) in [6, 6.07) is 0. The average Bonchev–Trinajstić information content (AvgIpc) is 2.92. The third-order valence-corrected chi connectivity index (χ3v) is 2.77. The topological polar surface area (TPSA) is 60.6 Å². The number of nitrogens with zero attached hydrogens (tertiary/aromatic N) is 5. The molecular formula is C13H22N6. The van der Waals surface area contributed by atoms with Gasteiger partial charge >= 0.3 is 0 Å². The number of hydrogen-bond acceptors (Lipinski definition) is 4. The molecule has 0 atom stereocenters. The highest BCUT2D eigenvalue weighted by Gasteiger charge is 2.10. The molecule has 0 aliphatic carbocycles. The second kappa shape index (κ2) is 5.52. The molecular weight excluding hydrogens is 240 g/mol. The van der Waals surface area contributed by atoms with E-state index in [4.69, 9.17) is 0 Å². The van der Waals surface area contributed by atoms with Crippen molar-refractivity contribution >= 4 is 0 Å². The van der Waals surface area contributed by atoms with Crippen LogP contribution in [0.4, 0.5) is 0 Å². The average molecular weight is 262 g/mol. The van der Waals surface area contributed by atoms with Crippen molar-refractivity contribution in [3.8, 4) is 0 Å². The number of nitrogens with one attached hydrogen (secondary N) is 1. The van der Waals surface area contributed by atoms with Crippen LogP contribution in [0.3, 0.4) is 0 Å². The van der Waals surface area contributed by atoms with Crippen molar-refractivity contribution in [2.75, 3.05) is 0 Å². The molecule has 0 aromatic carbocycles. The first-order chi connectivity index (χ1) is 8.92. The van der Waals surface area contributed by atoms with Gasteiger partial charge in [0.1, 0.15) is 0 Å². The Morgan fingerprint density at radius 3 is 2.68 bits per heavy atom. The first kappa shape index (κ1) is 13.7. The monoisotopic (exact) mass is 262 g/mol. The SMILES string of the molecule is Cn1cc(CCn2cc(CNC(C)(C)C)nn2)cn1. The Balaban J connectivity index is 1.84. The minimum Gasteiger partial charge on any atom is -0.306 e. The molecule has 2 heterocycles. The van der Waals surface area contributed by atoms with Gasteiger partial charge in [-0.2, -0.15) is 5.10 Å². The minimum absolute atomic E-state index is 0.0967. The van der Waals surface area contributed by atoms with Gasteiger partial charge in [0.05, 0.1) is 11.9 Å². The molecule has 0 unspecified atom stereocenters. The lowest BCUT2D eigenvalue weighted by Gasteiger charge is -2.19. The summed E-state index contributed by atoms with van der Waals surface area (Å²) in [6.45, 7) is 7.99. The van der Waals surface area contributed by atoms with Crippen LogP contribution in [-0.4, -0.2) is 30.3 Å². The fourth-order valence-electron chi connectivity index (χ4n) is 1.73. The van der Waals surface area contributed by atoms with Crippen molar-refractivity contribution in [3.05, 3.63) is 29.8 Å². The third-order valence-electron chi connectivity index (χ3n) is 2.77. The lowest BCUT2D eigenvalue weighted by atomic mass is 10.1. The molecule has 0 aliphatic heterocycles. The number of rotatable bonds is 5. The van der Waals surface area contributed by atoms with E-state index in [1.54, 1.807) is 0 Å².